The zero-order valence-corrected chi connectivity index (χ0v) is 12.9. The van der Waals surface area contributed by atoms with Gasteiger partial charge in [0.2, 0.25) is 5.91 Å². The molecule has 104 valence electrons. The largest absolute Gasteiger partial charge is 0.341 e. The van der Waals surface area contributed by atoms with Gasteiger partial charge in [0.15, 0.2) is 0 Å². The Balaban J connectivity index is 1.69. The lowest BCUT2D eigenvalue weighted by Gasteiger charge is -2.35. The van der Waals surface area contributed by atoms with Crippen molar-refractivity contribution in [1.29, 1.82) is 0 Å². The van der Waals surface area contributed by atoms with Gasteiger partial charge in [0, 0.05) is 24.0 Å². The van der Waals surface area contributed by atoms with Gasteiger partial charge < -0.3 is 10.2 Å². The van der Waals surface area contributed by atoms with Gasteiger partial charge >= 0.3 is 0 Å². The van der Waals surface area contributed by atoms with E-state index >= 15 is 0 Å². The Morgan fingerprint density at radius 2 is 2.21 bits per heavy atom. The van der Waals surface area contributed by atoms with Gasteiger partial charge in [0.1, 0.15) is 5.25 Å². The summed E-state index contributed by atoms with van der Waals surface area (Å²) in [6.07, 6.45) is 3.29. The number of aryl methyl sites for hydroxylation is 1. The number of rotatable bonds is 2. The van der Waals surface area contributed by atoms with Crippen LogP contribution in [0.5, 0.6) is 0 Å². The van der Waals surface area contributed by atoms with E-state index in [1.165, 1.54) is 10.4 Å². The van der Waals surface area contributed by atoms with E-state index in [1.807, 2.05) is 18.8 Å². The Morgan fingerprint density at radius 1 is 1.42 bits per heavy atom. The molecule has 2 aliphatic heterocycles. The molecule has 2 aliphatic rings. The summed E-state index contributed by atoms with van der Waals surface area (Å²) < 4.78 is 0. The van der Waals surface area contributed by atoms with Crippen LogP contribution in [0.2, 0.25) is 0 Å². The normalized spacial score (nSPS) is 24.3. The average molecular weight is 296 g/mol. The Morgan fingerprint density at radius 3 is 2.95 bits per heavy atom. The van der Waals surface area contributed by atoms with Crippen molar-refractivity contribution in [3.8, 4) is 0 Å². The smallest absolute Gasteiger partial charge is 0.240 e. The van der Waals surface area contributed by atoms with Crippen LogP contribution < -0.4 is 5.32 Å². The Bertz CT molecular complexity index is 452. The zero-order chi connectivity index (χ0) is 13.2. The minimum atomic E-state index is 0.0566. The van der Waals surface area contributed by atoms with Crippen molar-refractivity contribution in [2.75, 3.05) is 25.9 Å². The molecule has 0 aliphatic carbocycles. The number of carbonyl (C=O) groups excluding carboxylic acids is 1. The Hall–Kier alpha value is -0.520. The number of thiophene rings is 1. The van der Waals surface area contributed by atoms with Crippen LogP contribution in [0, 0.1) is 0 Å². The molecule has 1 aromatic heterocycles. The van der Waals surface area contributed by atoms with Crippen LogP contribution in [-0.2, 0) is 11.2 Å². The number of likely N-dealkylation sites (tertiary alicyclic amines) is 1. The first-order chi connectivity index (χ1) is 9.29. The molecule has 0 radical (unpaired) electrons. The molecule has 1 atom stereocenters. The molecule has 0 saturated carbocycles. The van der Waals surface area contributed by atoms with E-state index in [4.69, 9.17) is 0 Å². The SMILES string of the molecule is CNC1CCN(C(=O)C2SCCc3sccc32)CC1. The van der Waals surface area contributed by atoms with Crippen molar-refractivity contribution in [3.63, 3.8) is 0 Å². The maximum atomic E-state index is 12.7. The predicted octanol–water partition coefficient (Wildman–Crippen LogP) is 2.29. The van der Waals surface area contributed by atoms with Gasteiger partial charge in [0.25, 0.3) is 0 Å². The van der Waals surface area contributed by atoms with Gasteiger partial charge in [-0.05, 0) is 49.1 Å². The minimum absolute atomic E-state index is 0.0566. The van der Waals surface area contributed by atoms with E-state index in [1.54, 1.807) is 11.3 Å². The van der Waals surface area contributed by atoms with E-state index in [9.17, 15) is 4.79 Å². The highest BCUT2D eigenvalue weighted by Gasteiger charge is 2.32. The molecule has 5 heteroatoms. The molecule has 3 rings (SSSR count). The molecule has 1 aromatic rings. The molecule has 19 heavy (non-hydrogen) atoms. The van der Waals surface area contributed by atoms with Crippen LogP contribution in [0.15, 0.2) is 11.4 Å². The van der Waals surface area contributed by atoms with Crippen molar-refractivity contribution in [1.82, 2.24) is 10.2 Å². The molecule has 0 spiro atoms. The number of amides is 1. The highest BCUT2D eigenvalue weighted by Crippen LogP contribution is 2.40. The third-order valence-electron chi connectivity index (χ3n) is 4.12. The fourth-order valence-corrected chi connectivity index (χ4v) is 5.28. The van der Waals surface area contributed by atoms with Crippen LogP contribution in [0.4, 0.5) is 0 Å². The maximum Gasteiger partial charge on any atom is 0.240 e. The topological polar surface area (TPSA) is 32.3 Å². The van der Waals surface area contributed by atoms with E-state index in [-0.39, 0.29) is 5.25 Å². The van der Waals surface area contributed by atoms with E-state index in [0.717, 1.165) is 38.1 Å². The third-order valence-corrected chi connectivity index (χ3v) is 6.34. The van der Waals surface area contributed by atoms with Gasteiger partial charge in [-0.1, -0.05) is 0 Å². The molecule has 1 amide bonds. The molecule has 0 bridgehead atoms. The number of piperidine rings is 1. The Kier molecular flexibility index (Phi) is 4.15. The first kappa shape index (κ1) is 13.5. The number of thioether (sulfide) groups is 1. The summed E-state index contributed by atoms with van der Waals surface area (Å²) in [5, 5.41) is 5.50. The summed E-state index contributed by atoms with van der Waals surface area (Å²) in [4.78, 5) is 16.2. The fourth-order valence-electron chi connectivity index (χ4n) is 2.91. The molecule has 1 unspecified atom stereocenters. The van der Waals surface area contributed by atoms with Crippen molar-refractivity contribution in [2.45, 2.75) is 30.6 Å². The quantitative estimate of drug-likeness (QED) is 0.909. The summed E-state index contributed by atoms with van der Waals surface area (Å²) in [5.74, 6) is 1.41. The van der Waals surface area contributed by atoms with Crippen LogP contribution in [0.3, 0.4) is 0 Å². The second-order valence-corrected chi connectivity index (χ2v) is 7.40. The predicted molar refractivity (Wildman–Crippen MR) is 81.9 cm³/mol. The number of nitrogens with zero attached hydrogens (tertiary/aromatic N) is 1. The third kappa shape index (κ3) is 2.69. The molecule has 0 aromatic carbocycles. The average Bonchev–Trinajstić information content (AvgIpc) is 2.95. The molecular formula is C14H20N2OS2. The van der Waals surface area contributed by atoms with Crippen molar-refractivity contribution >= 4 is 29.0 Å². The fraction of sp³-hybridized carbons (Fsp3) is 0.643. The lowest BCUT2D eigenvalue weighted by molar-refractivity contribution is -0.131. The summed E-state index contributed by atoms with van der Waals surface area (Å²) in [6.45, 7) is 1.81. The lowest BCUT2D eigenvalue weighted by Crippen LogP contribution is -2.45. The monoisotopic (exact) mass is 296 g/mol. The summed E-state index contributed by atoms with van der Waals surface area (Å²) >= 11 is 3.62. The standard InChI is InChI=1S/C14H20N2OS2/c1-15-10-2-6-16(7-3-10)14(17)13-11-4-8-18-12(11)5-9-19-13/h4,8,10,13,15H,2-3,5-7,9H2,1H3. The van der Waals surface area contributed by atoms with Crippen molar-refractivity contribution < 1.29 is 4.79 Å². The molecule has 1 fully saturated rings. The summed E-state index contributed by atoms with van der Waals surface area (Å²) in [6, 6.07) is 2.73. The van der Waals surface area contributed by atoms with Gasteiger partial charge in [-0.15, -0.1) is 23.1 Å². The van der Waals surface area contributed by atoms with Gasteiger partial charge in [-0.3, -0.25) is 4.79 Å². The number of hydrogen-bond donors (Lipinski definition) is 1. The number of hydrogen-bond acceptors (Lipinski definition) is 4. The molecule has 1 N–H and O–H groups in total. The molecular weight excluding hydrogens is 276 g/mol. The van der Waals surface area contributed by atoms with Crippen LogP contribution in [0.25, 0.3) is 0 Å². The van der Waals surface area contributed by atoms with Crippen LogP contribution >= 0.6 is 23.1 Å². The first-order valence-electron chi connectivity index (χ1n) is 6.93. The van der Waals surface area contributed by atoms with E-state index < -0.39 is 0 Å². The zero-order valence-electron chi connectivity index (χ0n) is 11.2. The summed E-state index contributed by atoms with van der Waals surface area (Å²) in [7, 11) is 2.01. The van der Waals surface area contributed by atoms with Crippen molar-refractivity contribution in [3.05, 3.63) is 21.9 Å². The maximum absolute atomic E-state index is 12.7. The van der Waals surface area contributed by atoms with Gasteiger partial charge in [0.05, 0.1) is 0 Å². The van der Waals surface area contributed by atoms with Crippen LogP contribution in [-0.4, -0.2) is 42.7 Å². The second-order valence-electron chi connectivity index (χ2n) is 5.19. The number of fused-ring (bicyclic) bond motifs is 1. The Labute approximate surface area is 122 Å². The first-order valence-corrected chi connectivity index (χ1v) is 8.86. The number of nitrogens with one attached hydrogen (secondary N) is 1. The minimum Gasteiger partial charge on any atom is -0.341 e. The van der Waals surface area contributed by atoms with Gasteiger partial charge in [-0.2, -0.15) is 0 Å². The van der Waals surface area contributed by atoms with E-state index in [2.05, 4.69) is 21.7 Å². The highest BCUT2D eigenvalue weighted by atomic mass is 32.2. The highest BCUT2D eigenvalue weighted by molar-refractivity contribution is 8.00. The number of carbonyl (C=O) groups is 1. The lowest BCUT2D eigenvalue weighted by atomic mass is 10.0. The van der Waals surface area contributed by atoms with Crippen molar-refractivity contribution in [2.24, 2.45) is 0 Å². The van der Waals surface area contributed by atoms with Gasteiger partial charge in [-0.25, -0.2) is 0 Å². The van der Waals surface area contributed by atoms with E-state index in [0.29, 0.717) is 11.9 Å². The summed E-state index contributed by atoms with van der Waals surface area (Å²) in [5.41, 5.74) is 1.28. The second kappa shape index (κ2) is 5.85. The molecule has 1 saturated heterocycles. The molecule has 3 heterocycles. The van der Waals surface area contributed by atoms with Crippen LogP contribution in [0.1, 0.15) is 28.5 Å². The molecule has 3 nitrogen and oxygen atoms in total.